The lowest BCUT2D eigenvalue weighted by Crippen LogP contribution is -2.23. The molecule has 0 aliphatic heterocycles. The van der Waals surface area contributed by atoms with E-state index in [4.69, 9.17) is 15.0 Å². The molecule has 0 saturated heterocycles. The third-order valence-corrected chi connectivity index (χ3v) is 4.56. The maximum Gasteiger partial charge on any atom is 0.490 e. The quantitative estimate of drug-likeness (QED) is 0.603. The van der Waals surface area contributed by atoms with Gasteiger partial charge in [-0.25, -0.2) is 18.4 Å². The van der Waals surface area contributed by atoms with E-state index >= 15 is 0 Å². The summed E-state index contributed by atoms with van der Waals surface area (Å²) in [6.45, 7) is 1.23. The van der Waals surface area contributed by atoms with E-state index in [1.165, 1.54) is 29.8 Å². The van der Waals surface area contributed by atoms with Crippen LogP contribution < -0.4 is 10.5 Å². The largest absolute Gasteiger partial charge is 0.490 e. The molecule has 31 heavy (non-hydrogen) atoms. The fourth-order valence-corrected chi connectivity index (χ4v) is 2.80. The molecule has 0 heterocycles. The Morgan fingerprint density at radius 3 is 2.03 bits per heavy atom. The lowest BCUT2D eigenvalue weighted by molar-refractivity contribution is -0.192. The van der Waals surface area contributed by atoms with Crippen molar-refractivity contribution < 1.29 is 36.3 Å². The molecule has 0 fully saturated rings. The van der Waals surface area contributed by atoms with Crippen molar-refractivity contribution in [1.29, 1.82) is 0 Å². The molecule has 0 saturated carbocycles. The molecule has 2 rings (SSSR count). The lowest BCUT2D eigenvalue weighted by atomic mass is 10.1. The Hall–Kier alpha value is -2.96. The summed E-state index contributed by atoms with van der Waals surface area (Å²) in [5, 5.41) is 15.0. The number of alkyl halides is 3. The molecule has 170 valence electrons. The van der Waals surface area contributed by atoms with Crippen LogP contribution in [0.2, 0.25) is 0 Å². The second kappa shape index (κ2) is 10.9. The third-order valence-electron chi connectivity index (χ3n) is 3.63. The first-order chi connectivity index (χ1) is 14.2. The van der Waals surface area contributed by atoms with Crippen molar-refractivity contribution in [1.82, 2.24) is 10.2 Å². The van der Waals surface area contributed by atoms with Crippen LogP contribution in [-0.2, 0) is 27.9 Å². The molecule has 8 nitrogen and oxygen atoms in total. The Morgan fingerprint density at radius 1 is 1.06 bits per heavy atom. The summed E-state index contributed by atoms with van der Waals surface area (Å²) in [5.74, 6) is -3.03. The van der Waals surface area contributed by atoms with E-state index in [1.54, 1.807) is 0 Å². The molecule has 0 unspecified atom stereocenters. The number of carbonyl (C=O) groups excluding carboxylic acids is 1. The molecule has 12 heteroatoms. The number of nitrogens with zero attached hydrogens (tertiary/aromatic N) is 1. The topological polar surface area (TPSA) is 130 Å². The molecule has 0 aliphatic rings. The number of nitrogens with two attached hydrogens (primary N) is 1. The number of hydrogen-bond acceptors (Lipinski definition) is 5. The van der Waals surface area contributed by atoms with Gasteiger partial charge in [-0.1, -0.05) is 24.3 Å². The predicted octanol–water partition coefficient (Wildman–Crippen LogP) is 1.96. The van der Waals surface area contributed by atoms with Crippen molar-refractivity contribution in [2.45, 2.75) is 24.2 Å². The number of aliphatic carboxylic acids is 1. The van der Waals surface area contributed by atoms with Crippen molar-refractivity contribution in [3.05, 3.63) is 65.2 Å². The highest BCUT2D eigenvalue weighted by Crippen LogP contribution is 2.13. The minimum atomic E-state index is -5.08. The van der Waals surface area contributed by atoms with Gasteiger partial charge in [-0.15, -0.1) is 0 Å². The van der Waals surface area contributed by atoms with Crippen molar-refractivity contribution in [3.8, 4) is 0 Å². The number of carbonyl (C=O) groups is 2. The van der Waals surface area contributed by atoms with Gasteiger partial charge < -0.3 is 15.3 Å². The van der Waals surface area contributed by atoms with E-state index in [9.17, 15) is 26.4 Å². The molecule has 0 aliphatic carbocycles. The Kier molecular flexibility index (Phi) is 9.16. The smallest absolute Gasteiger partial charge is 0.475 e. The summed E-state index contributed by atoms with van der Waals surface area (Å²) in [7, 11) is 0.248. The van der Waals surface area contributed by atoms with Crippen LogP contribution in [0.15, 0.2) is 53.4 Å². The summed E-state index contributed by atoms with van der Waals surface area (Å²) in [6.07, 6.45) is -5.08. The number of rotatable bonds is 6. The Bertz CT molecular complexity index is 1010. The maximum absolute atomic E-state index is 12.1. The standard InChI is InChI=1S/C17H21N3O3S.C2HF3O2/c1-20(2)12-14-5-3-4-13(10-14)11-19-17(21)15-6-8-16(9-7-15)24(18,22)23;3-2(4,5)1(6)7/h3-10H,11-12H2,1-2H3,(H,19,21)(H2,18,22,23);(H,6,7). The number of hydrogen-bond donors (Lipinski definition) is 3. The van der Waals surface area contributed by atoms with E-state index in [2.05, 4.69) is 10.2 Å². The Morgan fingerprint density at radius 2 is 1.58 bits per heavy atom. The van der Waals surface area contributed by atoms with Crippen LogP contribution in [0.1, 0.15) is 21.5 Å². The van der Waals surface area contributed by atoms with Crippen LogP contribution in [0.3, 0.4) is 0 Å². The first-order valence-corrected chi connectivity index (χ1v) is 10.2. The molecule has 1 amide bonds. The zero-order chi connectivity index (χ0) is 23.8. The van der Waals surface area contributed by atoms with Crippen molar-refractivity contribution in [2.75, 3.05) is 14.1 Å². The number of primary sulfonamides is 1. The first-order valence-electron chi connectivity index (χ1n) is 8.64. The van der Waals surface area contributed by atoms with Crippen molar-refractivity contribution >= 4 is 21.9 Å². The zero-order valence-electron chi connectivity index (χ0n) is 16.7. The molecule has 0 aromatic heterocycles. The van der Waals surface area contributed by atoms with Crippen LogP contribution >= 0.6 is 0 Å². The minimum absolute atomic E-state index is 0.0181. The van der Waals surface area contributed by atoms with Gasteiger partial charge in [-0.3, -0.25) is 4.79 Å². The van der Waals surface area contributed by atoms with Gasteiger partial charge in [-0.2, -0.15) is 13.2 Å². The van der Waals surface area contributed by atoms with E-state index in [1.807, 2.05) is 38.4 Å². The number of halogens is 3. The molecule has 4 N–H and O–H groups in total. The molecular formula is C19H22F3N3O5S. The minimum Gasteiger partial charge on any atom is -0.475 e. The molecular weight excluding hydrogens is 439 g/mol. The van der Waals surface area contributed by atoms with Gasteiger partial charge in [0.2, 0.25) is 10.0 Å². The second-order valence-electron chi connectivity index (χ2n) is 6.61. The normalized spacial score (nSPS) is 11.5. The fraction of sp³-hybridized carbons (Fsp3) is 0.263. The number of amides is 1. The van der Waals surface area contributed by atoms with Gasteiger partial charge in [0, 0.05) is 18.7 Å². The second-order valence-corrected chi connectivity index (χ2v) is 8.17. The molecule has 0 spiro atoms. The lowest BCUT2D eigenvalue weighted by Gasteiger charge is -2.11. The SMILES string of the molecule is CN(C)Cc1cccc(CNC(=O)c2ccc(S(N)(=O)=O)cc2)c1.O=C(O)C(F)(F)F. The first kappa shape index (κ1) is 26.1. The summed E-state index contributed by atoms with van der Waals surface area (Å²) in [6, 6.07) is 13.5. The molecule has 2 aromatic rings. The van der Waals surface area contributed by atoms with Gasteiger partial charge in [0.15, 0.2) is 0 Å². The third kappa shape index (κ3) is 9.59. The van der Waals surface area contributed by atoms with E-state index in [0.29, 0.717) is 12.1 Å². The van der Waals surface area contributed by atoms with Crippen molar-refractivity contribution in [3.63, 3.8) is 0 Å². The summed E-state index contributed by atoms with van der Waals surface area (Å²) in [4.78, 5) is 23.1. The number of nitrogens with one attached hydrogen (secondary N) is 1. The highest BCUT2D eigenvalue weighted by atomic mass is 32.2. The molecule has 0 radical (unpaired) electrons. The van der Waals surface area contributed by atoms with E-state index in [-0.39, 0.29) is 10.8 Å². The number of benzene rings is 2. The molecule has 0 atom stereocenters. The van der Waals surface area contributed by atoms with Crippen LogP contribution in [0.25, 0.3) is 0 Å². The Labute approximate surface area is 177 Å². The predicted molar refractivity (Wildman–Crippen MR) is 107 cm³/mol. The highest BCUT2D eigenvalue weighted by molar-refractivity contribution is 7.89. The fourth-order valence-electron chi connectivity index (χ4n) is 2.28. The molecule has 0 bridgehead atoms. The zero-order valence-corrected chi connectivity index (χ0v) is 17.5. The summed E-state index contributed by atoms with van der Waals surface area (Å²) in [5.41, 5.74) is 2.56. The van der Waals surface area contributed by atoms with Crippen LogP contribution in [-0.4, -0.2) is 50.6 Å². The van der Waals surface area contributed by atoms with Gasteiger partial charge in [0.1, 0.15) is 0 Å². The van der Waals surface area contributed by atoms with Crippen LogP contribution in [0, 0.1) is 0 Å². The van der Waals surface area contributed by atoms with E-state index < -0.39 is 22.2 Å². The summed E-state index contributed by atoms with van der Waals surface area (Å²) >= 11 is 0. The van der Waals surface area contributed by atoms with Gasteiger partial charge in [-0.05, 0) is 49.5 Å². The number of carboxylic acid groups (broad SMARTS) is 1. The highest BCUT2D eigenvalue weighted by Gasteiger charge is 2.38. The number of carboxylic acids is 1. The average molecular weight is 461 g/mol. The van der Waals surface area contributed by atoms with E-state index in [0.717, 1.165) is 12.1 Å². The van der Waals surface area contributed by atoms with Gasteiger partial charge in [0.05, 0.1) is 4.90 Å². The van der Waals surface area contributed by atoms with Gasteiger partial charge >= 0.3 is 12.1 Å². The van der Waals surface area contributed by atoms with Crippen LogP contribution in [0.5, 0.6) is 0 Å². The Balaban J connectivity index is 0.000000592. The summed E-state index contributed by atoms with van der Waals surface area (Å²) < 4.78 is 54.1. The maximum atomic E-state index is 12.1. The average Bonchev–Trinajstić information content (AvgIpc) is 2.65. The molecule has 2 aromatic carbocycles. The van der Waals surface area contributed by atoms with Crippen LogP contribution in [0.4, 0.5) is 13.2 Å². The number of sulfonamides is 1. The van der Waals surface area contributed by atoms with Crippen molar-refractivity contribution in [2.24, 2.45) is 5.14 Å². The monoisotopic (exact) mass is 461 g/mol. The van der Waals surface area contributed by atoms with Gasteiger partial charge in [0.25, 0.3) is 5.91 Å².